The minimum Gasteiger partial charge on any atom is -0.357 e. The minimum atomic E-state index is -2.74. The molecule has 5 N–H and O–H groups in total. The van der Waals surface area contributed by atoms with Crippen molar-refractivity contribution in [2.24, 2.45) is 10.8 Å². The van der Waals surface area contributed by atoms with E-state index >= 15 is 0 Å². The maximum Gasteiger partial charge on any atom is 0.332 e. The first kappa shape index (κ1) is 19.4. The second-order valence-electron chi connectivity index (χ2n) is 6.51. The molecule has 0 radical (unpaired) electrons. The second-order valence-corrected chi connectivity index (χ2v) is 6.51. The zero-order valence-electron chi connectivity index (χ0n) is 15.6. The van der Waals surface area contributed by atoms with Crippen LogP contribution in [0.4, 0.5) is 9.18 Å². The van der Waals surface area contributed by atoms with Crippen LogP contribution in [0.3, 0.4) is 0 Å². The van der Waals surface area contributed by atoms with Gasteiger partial charge in [0.25, 0.3) is 0 Å². The number of hydrogen-bond acceptors (Lipinski definition) is 7. The summed E-state index contributed by atoms with van der Waals surface area (Å²) in [7, 11) is 0. The Morgan fingerprint density at radius 3 is 2.83 bits per heavy atom. The zero-order valence-corrected chi connectivity index (χ0v) is 15.6. The lowest BCUT2D eigenvalue weighted by molar-refractivity contribution is -0.138. The highest BCUT2D eigenvalue weighted by Gasteiger charge is 2.36. The fourth-order valence-corrected chi connectivity index (χ4v) is 3.00. The Hall–Kier alpha value is -3.96. The van der Waals surface area contributed by atoms with Crippen LogP contribution in [-0.2, 0) is 5.79 Å². The molecule has 0 atom stereocenters. The summed E-state index contributed by atoms with van der Waals surface area (Å²) >= 11 is 0. The Bertz CT molecular complexity index is 1320. The number of nitrogens with one attached hydrogen (secondary N) is 1. The SMILES string of the molecule is C/C(=N\NC(N)=O)c1ccc2ncc(C(O)(O)c3cc4cccnc4cc3F)n2n1. The largest absolute Gasteiger partial charge is 0.357 e. The first-order chi connectivity index (χ1) is 14.3. The van der Waals surface area contributed by atoms with Crippen molar-refractivity contribution in [3.8, 4) is 0 Å². The predicted molar refractivity (Wildman–Crippen MR) is 105 cm³/mol. The third kappa shape index (κ3) is 3.32. The molecule has 0 aliphatic heterocycles. The van der Waals surface area contributed by atoms with E-state index in [9.17, 15) is 19.4 Å². The molecular formula is C19H16FN7O3. The molecule has 0 aliphatic rings. The molecule has 0 unspecified atom stereocenters. The summed E-state index contributed by atoms with van der Waals surface area (Å²) in [4.78, 5) is 19.0. The molecule has 30 heavy (non-hydrogen) atoms. The third-order valence-corrected chi connectivity index (χ3v) is 4.49. The maximum absolute atomic E-state index is 14.7. The van der Waals surface area contributed by atoms with Gasteiger partial charge in [-0.3, -0.25) is 4.98 Å². The number of nitrogens with zero attached hydrogens (tertiary/aromatic N) is 5. The van der Waals surface area contributed by atoms with Gasteiger partial charge < -0.3 is 15.9 Å². The number of urea groups is 1. The number of imidazole rings is 1. The lowest BCUT2D eigenvalue weighted by Gasteiger charge is -2.22. The van der Waals surface area contributed by atoms with Crippen LogP contribution in [0, 0.1) is 5.82 Å². The standard InChI is InChI=1S/C19H16FN7O3/c1-10(24-25-18(21)28)14-4-5-17-23-9-16(27(17)26-14)19(29,30)12-7-11-3-2-6-22-15(11)8-13(12)20/h2-9,29-30H,1H3,(H3,21,25,28)/b24-10+. The average Bonchev–Trinajstić information content (AvgIpc) is 3.15. The van der Waals surface area contributed by atoms with Crippen molar-refractivity contribution in [2.75, 3.05) is 0 Å². The highest BCUT2D eigenvalue weighted by Crippen LogP contribution is 2.31. The van der Waals surface area contributed by atoms with Crippen molar-refractivity contribution in [3.63, 3.8) is 0 Å². The normalized spacial score (nSPS) is 12.5. The van der Waals surface area contributed by atoms with E-state index in [0.717, 1.165) is 10.6 Å². The van der Waals surface area contributed by atoms with E-state index in [1.54, 1.807) is 31.2 Å². The first-order valence-corrected chi connectivity index (χ1v) is 8.72. The Kier molecular flexibility index (Phi) is 4.60. The molecule has 2 amide bonds. The van der Waals surface area contributed by atoms with E-state index in [4.69, 9.17) is 5.73 Å². The van der Waals surface area contributed by atoms with Crippen molar-refractivity contribution in [1.29, 1.82) is 0 Å². The van der Waals surface area contributed by atoms with Gasteiger partial charge in [-0.2, -0.15) is 10.2 Å². The Morgan fingerprint density at radius 1 is 1.27 bits per heavy atom. The zero-order chi connectivity index (χ0) is 21.5. The van der Waals surface area contributed by atoms with Crippen LogP contribution in [0.5, 0.6) is 0 Å². The molecule has 0 bridgehead atoms. The molecule has 0 fully saturated rings. The van der Waals surface area contributed by atoms with Gasteiger partial charge in [0.1, 0.15) is 17.2 Å². The van der Waals surface area contributed by atoms with Gasteiger partial charge in [0.2, 0.25) is 5.79 Å². The highest BCUT2D eigenvalue weighted by molar-refractivity contribution is 5.97. The molecule has 3 aromatic heterocycles. The number of hydrazone groups is 1. The van der Waals surface area contributed by atoms with E-state index in [-0.39, 0.29) is 11.3 Å². The fraction of sp³-hybridized carbons (Fsp3) is 0.105. The van der Waals surface area contributed by atoms with Gasteiger partial charge in [0.15, 0.2) is 5.65 Å². The van der Waals surface area contributed by atoms with Crippen LogP contribution in [0.15, 0.2) is 53.9 Å². The van der Waals surface area contributed by atoms with Gasteiger partial charge in [0, 0.05) is 17.6 Å². The number of aliphatic hydroxyl groups is 2. The monoisotopic (exact) mass is 409 g/mol. The summed E-state index contributed by atoms with van der Waals surface area (Å²) in [5.41, 5.74) is 7.80. The van der Waals surface area contributed by atoms with Gasteiger partial charge in [-0.15, -0.1) is 0 Å². The third-order valence-electron chi connectivity index (χ3n) is 4.49. The summed E-state index contributed by atoms with van der Waals surface area (Å²) < 4.78 is 15.9. The summed E-state index contributed by atoms with van der Waals surface area (Å²) in [6.07, 6.45) is 2.70. The number of fused-ring (bicyclic) bond motifs is 2. The quantitative estimate of drug-likeness (QED) is 0.224. The Morgan fingerprint density at radius 2 is 2.07 bits per heavy atom. The molecule has 152 valence electrons. The number of nitrogens with two attached hydrogens (primary N) is 1. The van der Waals surface area contributed by atoms with E-state index in [1.807, 2.05) is 0 Å². The number of rotatable bonds is 4. The fourth-order valence-electron chi connectivity index (χ4n) is 3.00. The van der Waals surface area contributed by atoms with Crippen LogP contribution < -0.4 is 11.2 Å². The van der Waals surface area contributed by atoms with Crippen LogP contribution in [0.25, 0.3) is 16.6 Å². The molecule has 0 saturated carbocycles. The predicted octanol–water partition coefficient (Wildman–Crippen LogP) is 0.995. The van der Waals surface area contributed by atoms with E-state index < -0.39 is 17.6 Å². The van der Waals surface area contributed by atoms with Crippen LogP contribution in [-0.4, -0.2) is 41.5 Å². The van der Waals surface area contributed by atoms with Gasteiger partial charge in [0.05, 0.1) is 23.0 Å². The van der Waals surface area contributed by atoms with Crippen LogP contribution in [0.1, 0.15) is 23.9 Å². The maximum atomic E-state index is 14.7. The average molecular weight is 409 g/mol. The number of hydrogen-bond donors (Lipinski definition) is 4. The molecule has 1 aromatic carbocycles. The van der Waals surface area contributed by atoms with E-state index in [0.29, 0.717) is 28.0 Å². The van der Waals surface area contributed by atoms with Crippen LogP contribution >= 0.6 is 0 Å². The Balaban J connectivity index is 1.84. The summed E-state index contributed by atoms with van der Waals surface area (Å²) in [6.45, 7) is 1.57. The smallest absolute Gasteiger partial charge is 0.332 e. The Labute approximate surface area is 168 Å². The topological polar surface area (TPSA) is 151 Å². The van der Waals surface area contributed by atoms with Crippen molar-refractivity contribution in [1.82, 2.24) is 25.0 Å². The van der Waals surface area contributed by atoms with Crippen molar-refractivity contribution < 1.29 is 19.4 Å². The lowest BCUT2D eigenvalue weighted by atomic mass is 10.00. The molecule has 0 aliphatic carbocycles. The lowest BCUT2D eigenvalue weighted by Crippen LogP contribution is -2.30. The van der Waals surface area contributed by atoms with Gasteiger partial charge in [-0.1, -0.05) is 6.07 Å². The van der Waals surface area contributed by atoms with Crippen molar-refractivity contribution in [3.05, 3.63) is 71.6 Å². The van der Waals surface area contributed by atoms with Gasteiger partial charge in [-0.05, 0) is 31.2 Å². The summed E-state index contributed by atoms with van der Waals surface area (Å²) in [5, 5.41) is 30.4. The number of primary amides is 1. The number of carbonyl (C=O) groups excluding carboxylic acids is 1. The number of benzene rings is 1. The van der Waals surface area contributed by atoms with Crippen molar-refractivity contribution in [2.45, 2.75) is 12.7 Å². The van der Waals surface area contributed by atoms with Gasteiger partial charge >= 0.3 is 6.03 Å². The van der Waals surface area contributed by atoms with Crippen molar-refractivity contribution >= 4 is 28.3 Å². The number of amides is 2. The second kappa shape index (κ2) is 7.13. The summed E-state index contributed by atoms with van der Waals surface area (Å²) in [6, 6.07) is 8.07. The van der Waals surface area contributed by atoms with E-state index in [2.05, 4.69) is 25.6 Å². The summed E-state index contributed by atoms with van der Waals surface area (Å²) in [5.74, 6) is -3.59. The number of pyridine rings is 1. The highest BCUT2D eigenvalue weighted by atomic mass is 19.1. The molecule has 3 heterocycles. The number of aromatic nitrogens is 4. The molecule has 10 nitrogen and oxygen atoms in total. The first-order valence-electron chi connectivity index (χ1n) is 8.72. The molecule has 4 aromatic rings. The molecule has 4 rings (SSSR count). The van der Waals surface area contributed by atoms with E-state index in [1.165, 1.54) is 18.5 Å². The molecular weight excluding hydrogens is 393 g/mol. The molecule has 11 heteroatoms. The number of carbonyl (C=O) groups is 1. The van der Waals surface area contributed by atoms with Crippen LogP contribution in [0.2, 0.25) is 0 Å². The number of halogens is 1. The molecule has 0 spiro atoms. The van der Waals surface area contributed by atoms with Gasteiger partial charge in [-0.25, -0.2) is 24.1 Å². The minimum absolute atomic E-state index is 0.183. The molecule has 0 saturated heterocycles.